The Bertz CT molecular complexity index is 1000. The number of fused-ring (bicyclic) bond motifs is 1. The molecular weight excluding hydrogens is 414 g/mol. The lowest BCUT2D eigenvalue weighted by Crippen LogP contribution is -2.66. The number of rotatable bonds is 7. The minimum absolute atomic E-state index is 0.000293. The smallest absolute Gasteiger partial charge is 0.251 e. The molecule has 2 N–H and O–H groups in total. The molecule has 6 heteroatoms. The van der Waals surface area contributed by atoms with Gasteiger partial charge in [-0.15, -0.1) is 0 Å². The Labute approximate surface area is 195 Å². The second-order valence-electron chi connectivity index (χ2n) is 9.19. The van der Waals surface area contributed by atoms with Gasteiger partial charge < -0.3 is 15.5 Å². The zero-order chi connectivity index (χ0) is 23.5. The lowest BCUT2D eigenvalue weighted by Gasteiger charge is -2.43. The number of hydrogen-bond acceptors (Lipinski definition) is 3. The van der Waals surface area contributed by atoms with Gasteiger partial charge in [-0.2, -0.15) is 0 Å². The van der Waals surface area contributed by atoms with Gasteiger partial charge in [0.25, 0.3) is 5.91 Å². The van der Waals surface area contributed by atoms with Gasteiger partial charge in [0.1, 0.15) is 12.1 Å². The molecule has 1 saturated heterocycles. The Kier molecular flexibility index (Phi) is 6.82. The highest BCUT2D eigenvalue weighted by Crippen LogP contribution is 2.33. The van der Waals surface area contributed by atoms with Crippen LogP contribution in [0.2, 0.25) is 0 Å². The molecule has 0 saturated carbocycles. The lowest BCUT2D eigenvalue weighted by atomic mass is 9.86. The SMILES string of the molecule is CCC(CC)[C@@H]1C(=O)N[C@H](C2Cc3ccccc3C2)C(=O)N1Cc1ccc(C(=O)NC)cc1. The average molecular weight is 448 g/mol. The summed E-state index contributed by atoms with van der Waals surface area (Å²) in [7, 11) is 1.60. The first-order valence-corrected chi connectivity index (χ1v) is 11.9. The Morgan fingerprint density at radius 3 is 2.18 bits per heavy atom. The van der Waals surface area contributed by atoms with Crippen molar-refractivity contribution in [3.63, 3.8) is 0 Å². The van der Waals surface area contributed by atoms with Crippen LogP contribution in [0.5, 0.6) is 0 Å². The summed E-state index contributed by atoms with van der Waals surface area (Å²) in [6.45, 7) is 4.50. The number of nitrogens with zero attached hydrogens (tertiary/aromatic N) is 1. The van der Waals surface area contributed by atoms with E-state index in [1.807, 2.05) is 24.3 Å². The van der Waals surface area contributed by atoms with Crippen LogP contribution in [-0.2, 0) is 29.0 Å². The van der Waals surface area contributed by atoms with E-state index >= 15 is 0 Å². The zero-order valence-corrected chi connectivity index (χ0v) is 19.6. The number of piperazine rings is 1. The summed E-state index contributed by atoms with van der Waals surface area (Å²) < 4.78 is 0. The van der Waals surface area contributed by atoms with E-state index in [9.17, 15) is 14.4 Å². The van der Waals surface area contributed by atoms with E-state index in [1.165, 1.54) is 11.1 Å². The van der Waals surface area contributed by atoms with Gasteiger partial charge in [-0.05, 0) is 53.5 Å². The monoisotopic (exact) mass is 447 g/mol. The fourth-order valence-electron chi connectivity index (χ4n) is 5.39. The highest BCUT2D eigenvalue weighted by Gasteiger charge is 2.46. The normalized spacial score (nSPS) is 20.7. The van der Waals surface area contributed by atoms with Gasteiger partial charge in [-0.3, -0.25) is 14.4 Å². The van der Waals surface area contributed by atoms with Crippen LogP contribution in [-0.4, -0.2) is 41.8 Å². The van der Waals surface area contributed by atoms with E-state index in [4.69, 9.17) is 0 Å². The molecule has 2 aromatic rings. The van der Waals surface area contributed by atoms with E-state index < -0.39 is 12.1 Å². The molecule has 33 heavy (non-hydrogen) atoms. The van der Waals surface area contributed by atoms with Gasteiger partial charge in [0, 0.05) is 19.2 Å². The van der Waals surface area contributed by atoms with Crippen molar-refractivity contribution < 1.29 is 14.4 Å². The molecule has 174 valence electrons. The minimum atomic E-state index is -0.513. The molecule has 1 aliphatic carbocycles. The minimum Gasteiger partial charge on any atom is -0.355 e. The van der Waals surface area contributed by atoms with Crippen molar-refractivity contribution in [1.82, 2.24) is 15.5 Å². The fourth-order valence-corrected chi connectivity index (χ4v) is 5.39. The zero-order valence-electron chi connectivity index (χ0n) is 19.6. The summed E-state index contributed by atoms with van der Waals surface area (Å²) in [4.78, 5) is 40.9. The molecule has 2 aliphatic rings. The van der Waals surface area contributed by atoms with Crippen LogP contribution in [0.25, 0.3) is 0 Å². The Balaban J connectivity index is 1.60. The summed E-state index contributed by atoms with van der Waals surface area (Å²) in [5.41, 5.74) is 4.02. The van der Waals surface area contributed by atoms with Crippen LogP contribution in [0, 0.1) is 11.8 Å². The predicted molar refractivity (Wildman–Crippen MR) is 128 cm³/mol. The van der Waals surface area contributed by atoms with Crippen molar-refractivity contribution in [2.24, 2.45) is 11.8 Å². The van der Waals surface area contributed by atoms with Crippen LogP contribution >= 0.6 is 0 Å². The fraction of sp³-hybridized carbons (Fsp3) is 0.444. The molecule has 0 spiro atoms. The molecule has 6 nitrogen and oxygen atoms in total. The maximum atomic E-state index is 13.8. The summed E-state index contributed by atoms with van der Waals surface area (Å²) in [6.07, 6.45) is 3.26. The van der Waals surface area contributed by atoms with Gasteiger partial charge >= 0.3 is 0 Å². The quantitative estimate of drug-likeness (QED) is 0.685. The molecule has 3 amide bonds. The Morgan fingerprint density at radius 1 is 1.03 bits per heavy atom. The number of carbonyl (C=O) groups excluding carboxylic acids is 3. The molecule has 1 heterocycles. The molecule has 0 radical (unpaired) electrons. The maximum absolute atomic E-state index is 13.8. The topological polar surface area (TPSA) is 78.5 Å². The molecule has 2 atom stereocenters. The second kappa shape index (κ2) is 9.77. The molecule has 1 aliphatic heterocycles. The van der Waals surface area contributed by atoms with Gasteiger partial charge in [0.2, 0.25) is 11.8 Å². The third-order valence-electron chi connectivity index (χ3n) is 7.30. The number of amides is 3. The molecule has 1 fully saturated rings. The highest BCUT2D eigenvalue weighted by atomic mass is 16.2. The van der Waals surface area contributed by atoms with E-state index in [-0.39, 0.29) is 29.6 Å². The van der Waals surface area contributed by atoms with Crippen LogP contribution in [0.15, 0.2) is 48.5 Å². The van der Waals surface area contributed by atoms with E-state index in [1.54, 1.807) is 24.1 Å². The van der Waals surface area contributed by atoms with Crippen molar-refractivity contribution in [2.45, 2.75) is 58.2 Å². The van der Waals surface area contributed by atoms with Crippen LogP contribution < -0.4 is 10.6 Å². The first-order valence-electron chi connectivity index (χ1n) is 11.9. The second-order valence-corrected chi connectivity index (χ2v) is 9.19. The third kappa shape index (κ3) is 4.52. The van der Waals surface area contributed by atoms with Gasteiger partial charge in [-0.1, -0.05) is 63.1 Å². The molecule has 0 aromatic heterocycles. The van der Waals surface area contributed by atoms with Crippen molar-refractivity contribution in [1.29, 1.82) is 0 Å². The molecule has 2 aromatic carbocycles. The van der Waals surface area contributed by atoms with Gasteiger partial charge in [0.15, 0.2) is 0 Å². The van der Waals surface area contributed by atoms with Crippen molar-refractivity contribution in [3.05, 3.63) is 70.8 Å². The lowest BCUT2D eigenvalue weighted by molar-refractivity contribution is -0.154. The van der Waals surface area contributed by atoms with Crippen molar-refractivity contribution in [3.8, 4) is 0 Å². The third-order valence-corrected chi connectivity index (χ3v) is 7.30. The number of nitrogens with one attached hydrogen (secondary N) is 2. The van der Waals surface area contributed by atoms with Crippen LogP contribution in [0.3, 0.4) is 0 Å². The van der Waals surface area contributed by atoms with E-state index in [0.717, 1.165) is 31.2 Å². The van der Waals surface area contributed by atoms with E-state index in [2.05, 4.69) is 36.6 Å². The Hall–Kier alpha value is -3.15. The first kappa shape index (κ1) is 23.0. The molecule has 4 rings (SSSR count). The van der Waals surface area contributed by atoms with Gasteiger partial charge in [-0.25, -0.2) is 0 Å². The molecule has 0 bridgehead atoms. The summed E-state index contributed by atoms with van der Waals surface area (Å²) in [6, 6.07) is 14.6. The highest BCUT2D eigenvalue weighted by molar-refractivity contribution is 5.97. The van der Waals surface area contributed by atoms with E-state index in [0.29, 0.717) is 12.1 Å². The first-order chi connectivity index (χ1) is 16.0. The number of benzene rings is 2. The maximum Gasteiger partial charge on any atom is 0.251 e. The summed E-state index contributed by atoms with van der Waals surface area (Å²) in [5, 5.41) is 5.73. The van der Waals surface area contributed by atoms with Gasteiger partial charge in [0.05, 0.1) is 0 Å². The molecule has 0 unspecified atom stereocenters. The average Bonchev–Trinajstić information content (AvgIpc) is 3.27. The molecular formula is C27H33N3O3. The number of carbonyl (C=O) groups is 3. The predicted octanol–water partition coefficient (Wildman–Crippen LogP) is 3.09. The number of hydrogen-bond donors (Lipinski definition) is 2. The van der Waals surface area contributed by atoms with Crippen molar-refractivity contribution >= 4 is 17.7 Å². The van der Waals surface area contributed by atoms with Crippen molar-refractivity contribution in [2.75, 3.05) is 7.05 Å². The summed E-state index contributed by atoms with van der Waals surface area (Å²) in [5.74, 6) is -0.0304. The van der Waals surface area contributed by atoms with Crippen LogP contribution in [0.1, 0.15) is 53.7 Å². The largest absolute Gasteiger partial charge is 0.355 e. The standard InChI is InChI=1S/C27H33N3O3/c1-4-18(5-2)24-26(32)29-23(22-14-20-8-6-7-9-21(20)15-22)27(33)30(24)16-17-10-12-19(13-11-17)25(31)28-3/h6-13,18,22-24H,4-5,14-16H2,1-3H3,(H,28,31)(H,29,32)/t23-,24-/m1/s1. The van der Waals surface area contributed by atoms with Crippen LogP contribution in [0.4, 0.5) is 0 Å². The Morgan fingerprint density at radius 2 is 1.64 bits per heavy atom. The summed E-state index contributed by atoms with van der Waals surface area (Å²) >= 11 is 0.